The number of nitrogens with zero attached hydrogens (tertiary/aromatic N) is 4. The molecule has 168 valence electrons. The summed E-state index contributed by atoms with van der Waals surface area (Å²) in [5.74, 6) is 1.49. The molecule has 6 nitrogen and oxygen atoms in total. The normalized spacial score (nSPS) is 25.4. The number of likely N-dealkylation sites (tertiary alicyclic amines) is 1. The predicted octanol–water partition coefficient (Wildman–Crippen LogP) is 4.50. The number of anilines is 1. The molecule has 7 heteroatoms. The summed E-state index contributed by atoms with van der Waals surface area (Å²) in [6, 6.07) is 10.9. The quantitative estimate of drug-likeness (QED) is 0.553. The van der Waals surface area contributed by atoms with Crippen LogP contribution in [-0.4, -0.2) is 65.5 Å². The second kappa shape index (κ2) is 8.28. The molecule has 4 heterocycles. The monoisotopic (exact) mass is 450 g/mol. The number of ether oxygens (including phenoxy) is 1. The second-order valence-corrected chi connectivity index (χ2v) is 10.3. The van der Waals surface area contributed by atoms with Crippen molar-refractivity contribution in [1.82, 2.24) is 14.7 Å². The lowest BCUT2D eigenvalue weighted by molar-refractivity contribution is 0.0149. The number of aromatic nitrogens is 2. The Morgan fingerprint density at radius 1 is 1.19 bits per heavy atom. The summed E-state index contributed by atoms with van der Waals surface area (Å²) >= 11 is 1.61. The van der Waals surface area contributed by atoms with Gasteiger partial charge >= 0.3 is 0 Å². The molecular weight excluding hydrogens is 420 g/mol. The standard InChI is InChI=1S/C25H30N4O2S/c1-17(30)29-25-23(21(16-32-25)18-7-3-2-4-8-18)24(26-29)28-15-19-13-20(28)14-22(19)31-12-11-27-9-5-6-10-27/h2-4,7-8,16,19-20,22H,5-6,9-15H2,1H3. The topological polar surface area (TPSA) is 50.6 Å². The Balaban J connectivity index is 1.24. The van der Waals surface area contributed by atoms with E-state index in [2.05, 4.69) is 39.4 Å². The molecule has 6 rings (SSSR count). The Bertz CT molecular complexity index is 1120. The minimum atomic E-state index is -0.0322. The summed E-state index contributed by atoms with van der Waals surface area (Å²) < 4.78 is 7.94. The van der Waals surface area contributed by atoms with Gasteiger partial charge in [0.1, 0.15) is 4.83 Å². The van der Waals surface area contributed by atoms with Crippen LogP contribution in [-0.2, 0) is 4.74 Å². The molecule has 1 aromatic carbocycles. The summed E-state index contributed by atoms with van der Waals surface area (Å²) in [4.78, 5) is 18.3. The fourth-order valence-electron chi connectivity index (χ4n) is 5.86. The Kier molecular flexibility index (Phi) is 5.28. The van der Waals surface area contributed by atoms with Crippen molar-refractivity contribution < 1.29 is 9.53 Å². The minimum Gasteiger partial charge on any atom is -0.376 e. The largest absolute Gasteiger partial charge is 0.376 e. The summed E-state index contributed by atoms with van der Waals surface area (Å²) in [7, 11) is 0. The van der Waals surface area contributed by atoms with Gasteiger partial charge in [0.05, 0.1) is 18.1 Å². The highest BCUT2D eigenvalue weighted by Crippen LogP contribution is 2.46. The lowest BCUT2D eigenvalue weighted by atomic mass is 10.0. The highest BCUT2D eigenvalue weighted by Gasteiger charge is 2.46. The van der Waals surface area contributed by atoms with E-state index in [-0.39, 0.29) is 5.91 Å². The van der Waals surface area contributed by atoms with Crippen molar-refractivity contribution in [3.63, 3.8) is 0 Å². The molecule has 2 aliphatic heterocycles. The highest BCUT2D eigenvalue weighted by atomic mass is 32.1. The summed E-state index contributed by atoms with van der Waals surface area (Å²) in [5.41, 5.74) is 2.35. The van der Waals surface area contributed by atoms with E-state index in [1.807, 2.05) is 6.07 Å². The molecule has 3 atom stereocenters. The van der Waals surface area contributed by atoms with Gasteiger partial charge in [0.25, 0.3) is 0 Å². The number of fused-ring (bicyclic) bond motifs is 3. The van der Waals surface area contributed by atoms with Gasteiger partial charge in [0.2, 0.25) is 5.91 Å². The first-order valence-electron chi connectivity index (χ1n) is 11.9. The minimum absolute atomic E-state index is 0.0322. The number of carbonyl (C=O) groups is 1. The molecule has 0 N–H and O–H groups in total. The van der Waals surface area contributed by atoms with Crippen molar-refractivity contribution in [2.45, 2.75) is 44.8 Å². The van der Waals surface area contributed by atoms with Crippen LogP contribution in [0.5, 0.6) is 0 Å². The van der Waals surface area contributed by atoms with Gasteiger partial charge in [0, 0.05) is 42.9 Å². The van der Waals surface area contributed by atoms with E-state index in [0.717, 1.165) is 48.6 Å². The van der Waals surface area contributed by atoms with Gasteiger partial charge in [-0.3, -0.25) is 4.79 Å². The fraction of sp³-hybridized carbons (Fsp3) is 0.520. The van der Waals surface area contributed by atoms with Crippen molar-refractivity contribution in [2.24, 2.45) is 5.92 Å². The molecule has 3 fully saturated rings. The number of benzene rings is 1. The van der Waals surface area contributed by atoms with E-state index in [4.69, 9.17) is 9.84 Å². The van der Waals surface area contributed by atoms with Crippen molar-refractivity contribution >= 4 is 33.3 Å². The Labute approximate surface area is 192 Å². The van der Waals surface area contributed by atoms with Gasteiger partial charge in [-0.15, -0.1) is 16.4 Å². The first-order chi connectivity index (χ1) is 15.7. The zero-order chi connectivity index (χ0) is 21.7. The average Bonchev–Trinajstić information content (AvgIpc) is 3.60. The van der Waals surface area contributed by atoms with E-state index < -0.39 is 0 Å². The lowest BCUT2D eigenvalue weighted by Gasteiger charge is -2.32. The van der Waals surface area contributed by atoms with Crippen molar-refractivity contribution in [2.75, 3.05) is 37.7 Å². The summed E-state index contributed by atoms with van der Waals surface area (Å²) in [5, 5.41) is 8.12. The van der Waals surface area contributed by atoms with Crippen LogP contribution < -0.4 is 4.90 Å². The maximum atomic E-state index is 12.3. The number of rotatable bonds is 6. The van der Waals surface area contributed by atoms with E-state index in [1.54, 1.807) is 22.9 Å². The molecule has 2 aromatic heterocycles. The zero-order valence-electron chi connectivity index (χ0n) is 18.6. The van der Waals surface area contributed by atoms with Gasteiger partial charge < -0.3 is 14.5 Å². The Morgan fingerprint density at radius 3 is 2.72 bits per heavy atom. The number of carbonyl (C=O) groups excluding carboxylic acids is 1. The molecule has 1 aliphatic carbocycles. The molecule has 0 amide bonds. The molecule has 0 radical (unpaired) electrons. The molecule has 1 saturated carbocycles. The SMILES string of the molecule is CC(=O)n1nc(N2CC3CC2CC3OCCN2CCCC2)c2c(-c3ccccc3)csc21. The fourth-order valence-corrected chi connectivity index (χ4v) is 6.94. The summed E-state index contributed by atoms with van der Waals surface area (Å²) in [6.07, 6.45) is 5.24. The third-order valence-corrected chi connectivity index (χ3v) is 8.41. The first-order valence-corrected chi connectivity index (χ1v) is 12.7. The van der Waals surface area contributed by atoms with Crippen LogP contribution >= 0.6 is 11.3 Å². The molecule has 2 bridgehead atoms. The maximum Gasteiger partial charge on any atom is 0.245 e. The van der Waals surface area contributed by atoms with Gasteiger partial charge in [-0.05, 0) is 44.3 Å². The third kappa shape index (κ3) is 3.47. The van der Waals surface area contributed by atoms with Crippen LogP contribution in [0.3, 0.4) is 0 Å². The molecule has 3 aromatic rings. The smallest absolute Gasteiger partial charge is 0.245 e. The first kappa shape index (κ1) is 20.4. The van der Waals surface area contributed by atoms with E-state index in [0.29, 0.717) is 18.1 Å². The van der Waals surface area contributed by atoms with Crippen LogP contribution in [0.25, 0.3) is 21.3 Å². The molecule has 3 unspecified atom stereocenters. The highest BCUT2D eigenvalue weighted by molar-refractivity contribution is 7.17. The predicted molar refractivity (Wildman–Crippen MR) is 129 cm³/mol. The number of hydrogen-bond acceptors (Lipinski definition) is 6. The van der Waals surface area contributed by atoms with Crippen LogP contribution in [0.4, 0.5) is 5.82 Å². The molecular formula is C25H30N4O2S. The number of hydrogen-bond donors (Lipinski definition) is 0. The Hall–Kier alpha value is -2.22. The van der Waals surface area contributed by atoms with Gasteiger partial charge in [-0.2, -0.15) is 4.68 Å². The molecule has 3 aliphatic rings. The van der Waals surface area contributed by atoms with Gasteiger partial charge in [-0.1, -0.05) is 30.3 Å². The van der Waals surface area contributed by atoms with Gasteiger partial charge in [-0.25, -0.2) is 0 Å². The third-order valence-electron chi connectivity index (χ3n) is 7.45. The lowest BCUT2D eigenvalue weighted by Crippen LogP contribution is -2.39. The van der Waals surface area contributed by atoms with E-state index in [9.17, 15) is 4.79 Å². The second-order valence-electron chi connectivity index (χ2n) is 9.45. The molecule has 0 spiro atoms. The van der Waals surface area contributed by atoms with Crippen LogP contribution in [0.1, 0.15) is 37.4 Å². The van der Waals surface area contributed by atoms with E-state index in [1.165, 1.54) is 37.1 Å². The van der Waals surface area contributed by atoms with Crippen molar-refractivity contribution in [3.05, 3.63) is 35.7 Å². The van der Waals surface area contributed by atoms with Crippen LogP contribution in [0.2, 0.25) is 0 Å². The van der Waals surface area contributed by atoms with Crippen molar-refractivity contribution in [1.29, 1.82) is 0 Å². The van der Waals surface area contributed by atoms with Gasteiger partial charge in [0.15, 0.2) is 5.82 Å². The molecule has 2 saturated heterocycles. The van der Waals surface area contributed by atoms with Crippen LogP contribution in [0.15, 0.2) is 35.7 Å². The number of piperidine rings is 1. The molecule has 32 heavy (non-hydrogen) atoms. The zero-order valence-corrected chi connectivity index (χ0v) is 19.4. The number of thiophene rings is 1. The van der Waals surface area contributed by atoms with E-state index >= 15 is 0 Å². The van der Waals surface area contributed by atoms with Crippen LogP contribution in [0, 0.1) is 5.92 Å². The summed E-state index contributed by atoms with van der Waals surface area (Å²) in [6.45, 7) is 6.93. The Morgan fingerprint density at radius 2 is 2.00 bits per heavy atom. The van der Waals surface area contributed by atoms with Crippen molar-refractivity contribution in [3.8, 4) is 11.1 Å². The average molecular weight is 451 g/mol. The maximum absolute atomic E-state index is 12.3.